The minimum absolute atomic E-state index is 0.0843. The monoisotopic (exact) mass is 392 g/mol. The Morgan fingerprint density at radius 1 is 1.03 bits per heavy atom. The second-order valence-electron chi connectivity index (χ2n) is 8.59. The number of nitrogens with zero attached hydrogens (tertiary/aromatic N) is 2. The lowest BCUT2D eigenvalue weighted by atomic mass is 9.88. The summed E-state index contributed by atoms with van der Waals surface area (Å²) in [5.41, 5.74) is 2.01. The van der Waals surface area contributed by atoms with Crippen molar-refractivity contribution in [3.63, 3.8) is 0 Å². The number of hydrogen-bond donors (Lipinski definition) is 0. The third kappa shape index (κ3) is 5.06. The summed E-state index contributed by atoms with van der Waals surface area (Å²) in [5, 5.41) is 0. The van der Waals surface area contributed by atoms with Gasteiger partial charge in [-0.15, -0.1) is 0 Å². The van der Waals surface area contributed by atoms with Gasteiger partial charge in [-0.25, -0.2) is 0 Å². The second-order valence-corrected chi connectivity index (χ2v) is 8.59. The number of piperidine rings is 1. The average Bonchev–Trinajstić information content (AvgIpc) is 2.76. The Hall–Kier alpha value is -2.17. The van der Waals surface area contributed by atoms with Gasteiger partial charge in [0, 0.05) is 25.2 Å². The molecule has 0 saturated carbocycles. The van der Waals surface area contributed by atoms with E-state index in [-0.39, 0.29) is 17.6 Å². The van der Waals surface area contributed by atoms with Crippen LogP contribution in [0.3, 0.4) is 0 Å². The maximum Gasteiger partial charge on any atom is 0.254 e. The molecule has 0 N–H and O–H groups in total. The molecule has 1 spiro atoms. The summed E-state index contributed by atoms with van der Waals surface area (Å²) >= 11 is 0. The lowest BCUT2D eigenvalue weighted by Gasteiger charge is -2.49. The van der Waals surface area contributed by atoms with E-state index in [1.54, 1.807) is 0 Å². The Labute approximate surface area is 174 Å². The van der Waals surface area contributed by atoms with Crippen molar-refractivity contribution in [3.05, 3.63) is 71.8 Å². The first-order chi connectivity index (χ1) is 14.1. The standard InChI is InChI=1S/C25H32N2O2/c1-21-19-27(24(28)23-12-6-3-7-13-23)20-25(29-21)14-17-26(18-15-25)16-8-11-22-9-4-2-5-10-22/h2-7,9-10,12-13,21H,8,11,14-20H2,1H3. The van der Waals surface area contributed by atoms with Gasteiger partial charge in [0.25, 0.3) is 5.91 Å². The molecule has 0 bridgehead atoms. The topological polar surface area (TPSA) is 32.8 Å². The predicted octanol–water partition coefficient (Wildman–Crippen LogP) is 4.01. The number of likely N-dealkylation sites (tertiary alicyclic amines) is 1. The third-order valence-corrected chi connectivity index (χ3v) is 6.27. The summed E-state index contributed by atoms with van der Waals surface area (Å²) < 4.78 is 6.43. The lowest BCUT2D eigenvalue weighted by Crippen LogP contribution is -2.60. The van der Waals surface area contributed by atoms with Crippen LogP contribution in [0.5, 0.6) is 0 Å². The highest BCUT2D eigenvalue weighted by atomic mass is 16.5. The van der Waals surface area contributed by atoms with Gasteiger partial charge in [-0.3, -0.25) is 4.79 Å². The van der Waals surface area contributed by atoms with Crippen LogP contribution >= 0.6 is 0 Å². The van der Waals surface area contributed by atoms with E-state index in [0.717, 1.165) is 44.5 Å². The van der Waals surface area contributed by atoms with E-state index in [1.807, 2.05) is 35.2 Å². The molecule has 2 fully saturated rings. The first-order valence-electron chi connectivity index (χ1n) is 10.9. The van der Waals surface area contributed by atoms with Crippen LogP contribution in [0.15, 0.2) is 60.7 Å². The van der Waals surface area contributed by atoms with E-state index in [9.17, 15) is 4.79 Å². The molecule has 4 heteroatoms. The molecule has 1 atom stereocenters. The number of carbonyl (C=O) groups is 1. The number of benzene rings is 2. The highest BCUT2D eigenvalue weighted by molar-refractivity contribution is 5.94. The van der Waals surface area contributed by atoms with E-state index < -0.39 is 0 Å². The molecule has 2 aromatic rings. The fourth-order valence-corrected chi connectivity index (χ4v) is 4.75. The molecular weight excluding hydrogens is 360 g/mol. The molecule has 4 rings (SSSR count). The zero-order valence-electron chi connectivity index (χ0n) is 17.4. The fourth-order valence-electron chi connectivity index (χ4n) is 4.75. The molecule has 1 amide bonds. The van der Waals surface area contributed by atoms with Gasteiger partial charge in [-0.2, -0.15) is 0 Å². The SMILES string of the molecule is CC1CN(C(=O)c2ccccc2)CC2(CCN(CCCc3ccccc3)CC2)O1. The summed E-state index contributed by atoms with van der Waals surface area (Å²) in [6.07, 6.45) is 4.41. The Bertz CT molecular complexity index is 785. The molecule has 2 aliphatic rings. The van der Waals surface area contributed by atoms with Crippen molar-refractivity contribution in [2.75, 3.05) is 32.7 Å². The van der Waals surface area contributed by atoms with Crippen molar-refractivity contribution < 1.29 is 9.53 Å². The van der Waals surface area contributed by atoms with Gasteiger partial charge in [-0.1, -0.05) is 48.5 Å². The zero-order chi connectivity index (χ0) is 20.1. The smallest absolute Gasteiger partial charge is 0.254 e. The van der Waals surface area contributed by atoms with E-state index in [2.05, 4.69) is 42.2 Å². The van der Waals surface area contributed by atoms with Crippen LogP contribution in [-0.2, 0) is 11.2 Å². The molecule has 0 aromatic heterocycles. The molecule has 29 heavy (non-hydrogen) atoms. The third-order valence-electron chi connectivity index (χ3n) is 6.27. The molecule has 4 nitrogen and oxygen atoms in total. The molecule has 154 valence electrons. The molecular formula is C25H32N2O2. The van der Waals surface area contributed by atoms with Gasteiger partial charge in [-0.05, 0) is 56.8 Å². The van der Waals surface area contributed by atoms with Gasteiger partial charge in [0.05, 0.1) is 18.2 Å². The molecule has 2 aliphatic heterocycles. The summed E-state index contributed by atoms with van der Waals surface area (Å²) in [6.45, 7) is 6.72. The van der Waals surface area contributed by atoms with E-state index in [4.69, 9.17) is 4.74 Å². The number of aryl methyl sites for hydroxylation is 1. The maximum atomic E-state index is 13.0. The van der Waals surface area contributed by atoms with Crippen LogP contribution in [0, 0.1) is 0 Å². The summed E-state index contributed by atoms with van der Waals surface area (Å²) in [7, 11) is 0. The molecule has 2 heterocycles. The summed E-state index contributed by atoms with van der Waals surface area (Å²) in [4.78, 5) is 17.5. The Balaban J connectivity index is 1.30. The minimum Gasteiger partial charge on any atom is -0.368 e. The van der Waals surface area contributed by atoms with Gasteiger partial charge in [0.15, 0.2) is 0 Å². The molecule has 0 radical (unpaired) electrons. The number of amides is 1. The van der Waals surface area contributed by atoms with Crippen molar-refractivity contribution in [3.8, 4) is 0 Å². The predicted molar refractivity (Wildman–Crippen MR) is 116 cm³/mol. The second kappa shape index (κ2) is 9.10. The highest BCUT2D eigenvalue weighted by Gasteiger charge is 2.43. The number of morpholine rings is 1. The van der Waals surface area contributed by atoms with Crippen LogP contribution in [-0.4, -0.2) is 60.1 Å². The summed E-state index contributed by atoms with van der Waals surface area (Å²) in [5.74, 6) is 0.130. The van der Waals surface area contributed by atoms with Crippen LogP contribution < -0.4 is 0 Å². The lowest BCUT2D eigenvalue weighted by molar-refractivity contribution is -0.161. The van der Waals surface area contributed by atoms with Crippen molar-refractivity contribution in [1.82, 2.24) is 9.80 Å². The quantitative estimate of drug-likeness (QED) is 0.771. The highest BCUT2D eigenvalue weighted by Crippen LogP contribution is 2.33. The molecule has 2 aromatic carbocycles. The van der Waals surface area contributed by atoms with Crippen molar-refractivity contribution in [2.45, 2.75) is 44.3 Å². The van der Waals surface area contributed by atoms with Gasteiger partial charge in [0.1, 0.15) is 0 Å². The van der Waals surface area contributed by atoms with Crippen LogP contribution in [0.25, 0.3) is 0 Å². The van der Waals surface area contributed by atoms with E-state index in [1.165, 1.54) is 12.0 Å². The van der Waals surface area contributed by atoms with Gasteiger partial charge < -0.3 is 14.5 Å². The number of carbonyl (C=O) groups excluding carboxylic acids is 1. The first-order valence-corrected chi connectivity index (χ1v) is 10.9. The maximum absolute atomic E-state index is 13.0. The van der Waals surface area contributed by atoms with Crippen molar-refractivity contribution in [1.29, 1.82) is 0 Å². The number of ether oxygens (including phenoxy) is 1. The van der Waals surface area contributed by atoms with Crippen LogP contribution in [0.2, 0.25) is 0 Å². The van der Waals surface area contributed by atoms with Crippen LogP contribution in [0.1, 0.15) is 42.1 Å². The largest absolute Gasteiger partial charge is 0.368 e. The molecule has 1 unspecified atom stereocenters. The van der Waals surface area contributed by atoms with Gasteiger partial charge in [0.2, 0.25) is 0 Å². The van der Waals surface area contributed by atoms with E-state index >= 15 is 0 Å². The molecule has 2 saturated heterocycles. The minimum atomic E-state index is -0.183. The Morgan fingerprint density at radius 3 is 2.38 bits per heavy atom. The Kier molecular flexibility index (Phi) is 6.31. The van der Waals surface area contributed by atoms with Crippen LogP contribution in [0.4, 0.5) is 0 Å². The first kappa shape index (κ1) is 20.1. The van der Waals surface area contributed by atoms with Crippen molar-refractivity contribution >= 4 is 5.91 Å². The fraction of sp³-hybridized carbons (Fsp3) is 0.480. The number of hydrogen-bond acceptors (Lipinski definition) is 3. The number of rotatable bonds is 5. The molecule has 0 aliphatic carbocycles. The van der Waals surface area contributed by atoms with Crippen molar-refractivity contribution in [2.24, 2.45) is 0 Å². The van der Waals surface area contributed by atoms with E-state index in [0.29, 0.717) is 13.1 Å². The zero-order valence-corrected chi connectivity index (χ0v) is 17.4. The summed E-state index contributed by atoms with van der Waals surface area (Å²) in [6, 6.07) is 20.4. The normalized spacial score (nSPS) is 22.0. The average molecular weight is 393 g/mol. The Morgan fingerprint density at radius 2 is 1.69 bits per heavy atom. The van der Waals surface area contributed by atoms with Gasteiger partial charge >= 0.3 is 0 Å².